The minimum absolute atomic E-state index is 0.227. The lowest BCUT2D eigenvalue weighted by Crippen LogP contribution is -2.28. The topological polar surface area (TPSA) is 58.2 Å². The molecule has 1 aliphatic rings. The number of carbonyl (C=O) groups excluding carboxylic acids is 1. The number of amides is 1. The molecule has 5 nitrogen and oxygen atoms in total. The second-order valence-corrected chi connectivity index (χ2v) is 8.07. The summed E-state index contributed by atoms with van der Waals surface area (Å²) in [5.74, 6) is 1.21. The van der Waals surface area contributed by atoms with Crippen molar-refractivity contribution in [3.8, 4) is 5.75 Å². The third-order valence-electron chi connectivity index (χ3n) is 5.55. The summed E-state index contributed by atoms with van der Waals surface area (Å²) in [4.78, 5) is 14.5. The maximum atomic E-state index is 12.6. The lowest BCUT2D eigenvalue weighted by Gasteiger charge is -2.16. The van der Waals surface area contributed by atoms with Gasteiger partial charge in [-0.2, -0.15) is 5.10 Å². The van der Waals surface area contributed by atoms with E-state index in [9.17, 15) is 4.79 Å². The van der Waals surface area contributed by atoms with Gasteiger partial charge in [0, 0.05) is 37.5 Å². The molecule has 6 heteroatoms. The van der Waals surface area contributed by atoms with E-state index < -0.39 is 0 Å². The van der Waals surface area contributed by atoms with Crippen molar-refractivity contribution in [3.05, 3.63) is 82.6 Å². The van der Waals surface area contributed by atoms with Gasteiger partial charge in [-0.1, -0.05) is 54.1 Å². The Bertz CT molecular complexity index is 973. The predicted octanol–water partition coefficient (Wildman–Crippen LogP) is 4.63. The first-order valence-corrected chi connectivity index (χ1v) is 10.8. The van der Waals surface area contributed by atoms with Crippen LogP contribution in [0.25, 0.3) is 0 Å². The Morgan fingerprint density at radius 1 is 1.13 bits per heavy atom. The molecule has 2 aromatic carbocycles. The largest absolute Gasteiger partial charge is 0.492 e. The number of carbonyl (C=O) groups is 1. The van der Waals surface area contributed by atoms with Crippen molar-refractivity contribution in [3.63, 3.8) is 0 Å². The van der Waals surface area contributed by atoms with E-state index in [2.05, 4.69) is 28.4 Å². The summed E-state index contributed by atoms with van der Waals surface area (Å²) in [6.45, 7) is 2.07. The summed E-state index contributed by atoms with van der Waals surface area (Å²) in [5.41, 5.74) is 3.27. The Kier molecular flexibility index (Phi) is 6.70. The van der Waals surface area contributed by atoms with Crippen molar-refractivity contribution >= 4 is 17.5 Å². The van der Waals surface area contributed by atoms with E-state index in [0.29, 0.717) is 29.7 Å². The van der Waals surface area contributed by atoms with Crippen LogP contribution in [0, 0.1) is 0 Å². The SMILES string of the molecule is O=C(CCc1ccccc1)N1CC[C@H](c2cc(CCOc3ccccc3Cl)[nH]n2)C1. The highest BCUT2D eigenvalue weighted by Crippen LogP contribution is 2.27. The Balaban J connectivity index is 1.24. The summed E-state index contributed by atoms with van der Waals surface area (Å²) >= 11 is 6.12. The number of hydrogen-bond acceptors (Lipinski definition) is 3. The lowest BCUT2D eigenvalue weighted by atomic mass is 10.0. The highest BCUT2D eigenvalue weighted by atomic mass is 35.5. The van der Waals surface area contributed by atoms with Crippen LogP contribution in [0.4, 0.5) is 0 Å². The quantitative estimate of drug-likeness (QED) is 0.574. The van der Waals surface area contributed by atoms with Crippen LogP contribution in [0.1, 0.15) is 35.7 Å². The van der Waals surface area contributed by atoms with Gasteiger partial charge >= 0.3 is 0 Å². The maximum absolute atomic E-state index is 12.6. The molecule has 0 radical (unpaired) electrons. The molecule has 0 saturated carbocycles. The number of aromatic amines is 1. The number of nitrogens with zero attached hydrogens (tertiary/aromatic N) is 2. The molecule has 1 amide bonds. The molecule has 1 N–H and O–H groups in total. The number of nitrogens with one attached hydrogen (secondary N) is 1. The zero-order valence-electron chi connectivity index (χ0n) is 16.9. The number of para-hydroxylation sites is 1. The van der Waals surface area contributed by atoms with Gasteiger partial charge in [0.25, 0.3) is 0 Å². The number of aryl methyl sites for hydroxylation is 1. The van der Waals surface area contributed by atoms with Gasteiger partial charge in [-0.05, 0) is 36.6 Å². The molecule has 0 aliphatic carbocycles. The Labute approximate surface area is 182 Å². The van der Waals surface area contributed by atoms with Gasteiger partial charge < -0.3 is 9.64 Å². The van der Waals surface area contributed by atoms with E-state index in [0.717, 1.165) is 43.7 Å². The minimum atomic E-state index is 0.227. The molecule has 1 fully saturated rings. The number of H-pyrrole nitrogens is 1. The second kappa shape index (κ2) is 9.81. The second-order valence-electron chi connectivity index (χ2n) is 7.66. The van der Waals surface area contributed by atoms with Crippen molar-refractivity contribution in [2.24, 2.45) is 0 Å². The molecule has 1 aliphatic heterocycles. The lowest BCUT2D eigenvalue weighted by molar-refractivity contribution is -0.130. The van der Waals surface area contributed by atoms with Crippen molar-refractivity contribution in [1.29, 1.82) is 0 Å². The summed E-state index contributed by atoms with van der Waals surface area (Å²) in [5, 5.41) is 8.21. The van der Waals surface area contributed by atoms with E-state index in [1.165, 1.54) is 5.56 Å². The molecule has 0 spiro atoms. The molecule has 0 bridgehead atoms. The monoisotopic (exact) mass is 423 g/mol. The van der Waals surface area contributed by atoms with Gasteiger partial charge in [-0.25, -0.2) is 0 Å². The fourth-order valence-electron chi connectivity index (χ4n) is 3.83. The number of likely N-dealkylation sites (tertiary alicyclic amines) is 1. The number of hydrogen-bond donors (Lipinski definition) is 1. The van der Waals surface area contributed by atoms with Crippen LogP contribution in [0.15, 0.2) is 60.7 Å². The molecule has 1 saturated heterocycles. The molecule has 3 aromatic rings. The number of rotatable bonds is 8. The van der Waals surface area contributed by atoms with Crippen LogP contribution in [0.5, 0.6) is 5.75 Å². The molecule has 2 heterocycles. The summed E-state index contributed by atoms with van der Waals surface area (Å²) in [7, 11) is 0. The number of halogens is 1. The zero-order valence-corrected chi connectivity index (χ0v) is 17.6. The first-order valence-electron chi connectivity index (χ1n) is 10.4. The summed E-state index contributed by atoms with van der Waals surface area (Å²) in [6.07, 6.45) is 3.03. The van der Waals surface area contributed by atoms with Crippen LogP contribution in [0.3, 0.4) is 0 Å². The van der Waals surface area contributed by atoms with Gasteiger partial charge in [0.05, 0.1) is 17.3 Å². The highest BCUT2D eigenvalue weighted by molar-refractivity contribution is 6.32. The third kappa shape index (κ3) is 5.22. The van der Waals surface area contributed by atoms with Crippen molar-refractivity contribution in [2.75, 3.05) is 19.7 Å². The molecular weight excluding hydrogens is 398 g/mol. The van der Waals surface area contributed by atoms with Crippen LogP contribution < -0.4 is 4.74 Å². The van der Waals surface area contributed by atoms with Crippen LogP contribution >= 0.6 is 11.6 Å². The normalized spacial score (nSPS) is 16.0. The standard InChI is InChI=1S/C24H26ClN3O2/c25-21-8-4-5-9-23(21)30-15-13-20-16-22(27-26-20)19-12-14-28(17-19)24(29)11-10-18-6-2-1-3-7-18/h1-9,16,19H,10-15,17H2,(H,26,27)/t19-/m0/s1. The third-order valence-corrected chi connectivity index (χ3v) is 5.86. The van der Waals surface area contributed by atoms with E-state index in [1.54, 1.807) is 0 Å². The minimum Gasteiger partial charge on any atom is -0.492 e. The molecule has 156 valence electrons. The van der Waals surface area contributed by atoms with Gasteiger partial charge in [0.1, 0.15) is 5.75 Å². The predicted molar refractivity (Wildman–Crippen MR) is 118 cm³/mol. The average molecular weight is 424 g/mol. The number of benzene rings is 2. The molecule has 4 rings (SSSR count). The van der Waals surface area contributed by atoms with Gasteiger partial charge in [0.2, 0.25) is 5.91 Å². The Morgan fingerprint density at radius 2 is 1.93 bits per heavy atom. The van der Waals surface area contributed by atoms with E-state index >= 15 is 0 Å². The van der Waals surface area contributed by atoms with Crippen LogP contribution in [-0.4, -0.2) is 40.7 Å². The number of aromatic nitrogens is 2. The summed E-state index contributed by atoms with van der Waals surface area (Å²) < 4.78 is 5.75. The van der Waals surface area contributed by atoms with Crippen LogP contribution in [0.2, 0.25) is 5.02 Å². The highest BCUT2D eigenvalue weighted by Gasteiger charge is 2.28. The zero-order chi connectivity index (χ0) is 20.8. The van der Waals surface area contributed by atoms with E-state index in [-0.39, 0.29) is 5.91 Å². The van der Waals surface area contributed by atoms with E-state index in [4.69, 9.17) is 16.3 Å². The van der Waals surface area contributed by atoms with Crippen molar-refractivity contribution < 1.29 is 9.53 Å². The van der Waals surface area contributed by atoms with Gasteiger partial charge in [-0.3, -0.25) is 9.89 Å². The Hall–Kier alpha value is -2.79. The average Bonchev–Trinajstić information content (AvgIpc) is 3.44. The fraction of sp³-hybridized carbons (Fsp3) is 0.333. The smallest absolute Gasteiger partial charge is 0.222 e. The number of ether oxygens (including phenoxy) is 1. The summed E-state index contributed by atoms with van der Waals surface area (Å²) in [6, 6.07) is 19.7. The molecule has 0 unspecified atom stereocenters. The van der Waals surface area contributed by atoms with Crippen molar-refractivity contribution in [2.45, 2.75) is 31.6 Å². The molecule has 1 aromatic heterocycles. The first kappa shape index (κ1) is 20.5. The maximum Gasteiger partial charge on any atom is 0.222 e. The van der Waals surface area contributed by atoms with E-state index in [1.807, 2.05) is 47.4 Å². The van der Waals surface area contributed by atoms with Gasteiger partial charge in [-0.15, -0.1) is 0 Å². The molecular formula is C24H26ClN3O2. The van der Waals surface area contributed by atoms with Crippen molar-refractivity contribution in [1.82, 2.24) is 15.1 Å². The molecule has 30 heavy (non-hydrogen) atoms. The van der Waals surface area contributed by atoms with Crippen LogP contribution in [-0.2, 0) is 17.6 Å². The fourth-order valence-corrected chi connectivity index (χ4v) is 4.02. The first-order chi connectivity index (χ1) is 14.7. The molecule has 1 atom stereocenters. The Morgan fingerprint density at radius 3 is 2.77 bits per heavy atom. The van der Waals surface area contributed by atoms with Gasteiger partial charge in [0.15, 0.2) is 0 Å².